The van der Waals surface area contributed by atoms with Gasteiger partial charge in [-0.3, -0.25) is 0 Å². The van der Waals surface area contributed by atoms with E-state index in [1.807, 2.05) is 22.6 Å². The minimum Gasteiger partial charge on any atom is -0.478 e. The molecule has 0 unspecified atom stereocenters. The summed E-state index contributed by atoms with van der Waals surface area (Å²) >= 11 is 8.75. The molecule has 0 saturated heterocycles. The molecular formula is C11H7ClFIN2O2S. The normalized spacial score (nSPS) is 10.5. The Bertz CT molecular complexity index is 635. The van der Waals surface area contributed by atoms with E-state index in [0.717, 1.165) is 4.88 Å². The maximum atomic E-state index is 14.0. The van der Waals surface area contributed by atoms with E-state index in [2.05, 4.69) is 10.3 Å². The Morgan fingerprint density at radius 2 is 2.32 bits per heavy atom. The first-order chi connectivity index (χ1) is 8.99. The fourth-order valence-electron chi connectivity index (χ4n) is 1.44. The number of nitrogens with zero attached hydrogens (tertiary/aromatic N) is 1. The molecule has 2 rings (SSSR count). The molecule has 0 amide bonds. The van der Waals surface area contributed by atoms with E-state index in [1.165, 1.54) is 23.5 Å². The third kappa shape index (κ3) is 3.34. The number of hydrogen-bond donors (Lipinski definition) is 2. The van der Waals surface area contributed by atoms with Gasteiger partial charge in [0.25, 0.3) is 0 Å². The first kappa shape index (κ1) is 14.5. The van der Waals surface area contributed by atoms with Crippen molar-refractivity contribution < 1.29 is 14.3 Å². The second-order valence-electron chi connectivity index (χ2n) is 3.52. The van der Waals surface area contributed by atoms with Crippen molar-refractivity contribution in [3.63, 3.8) is 0 Å². The number of halogens is 3. The molecule has 0 fully saturated rings. The molecule has 4 nitrogen and oxygen atoms in total. The zero-order valence-electron chi connectivity index (χ0n) is 9.28. The molecule has 8 heteroatoms. The molecule has 0 bridgehead atoms. The SMILES string of the molecule is O=C(O)c1ccc(I)c(F)c1NCc1cnc(Cl)s1. The summed E-state index contributed by atoms with van der Waals surface area (Å²) in [5.41, 5.74) is -0.127. The Morgan fingerprint density at radius 3 is 2.89 bits per heavy atom. The van der Waals surface area contributed by atoms with Gasteiger partial charge in [-0.15, -0.1) is 11.3 Å². The minimum atomic E-state index is -1.18. The predicted molar refractivity (Wildman–Crippen MR) is 80.5 cm³/mol. The third-order valence-corrected chi connectivity index (χ3v) is 4.24. The van der Waals surface area contributed by atoms with Crippen LogP contribution < -0.4 is 5.32 Å². The summed E-state index contributed by atoms with van der Waals surface area (Å²) in [4.78, 5) is 15.7. The zero-order valence-corrected chi connectivity index (χ0v) is 13.0. The van der Waals surface area contributed by atoms with Gasteiger partial charge in [-0.25, -0.2) is 14.2 Å². The van der Waals surface area contributed by atoms with Crippen LogP contribution >= 0.6 is 45.5 Å². The van der Waals surface area contributed by atoms with E-state index in [1.54, 1.807) is 6.20 Å². The van der Waals surface area contributed by atoms with Crippen molar-refractivity contribution in [3.05, 3.63) is 42.6 Å². The summed E-state index contributed by atoms with van der Waals surface area (Å²) in [6, 6.07) is 2.79. The Balaban J connectivity index is 2.28. The Kier molecular flexibility index (Phi) is 4.58. The summed E-state index contributed by atoms with van der Waals surface area (Å²) in [7, 11) is 0. The molecule has 0 spiro atoms. The van der Waals surface area contributed by atoms with Gasteiger partial charge in [0.05, 0.1) is 21.4 Å². The van der Waals surface area contributed by atoms with E-state index < -0.39 is 11.8 Å². The predicted octanol–water partition coefficient (Wildman–Crippen LogP) is 3.85. The third-order valence-electron chi connectivity index (χ3n) is 2.29. The average Bonchev–Trinajstić information content (AvgIpc) is 2.76. The highest BCUT2D eigenvalue weighted by Crippen LogP contribution is 2.26. The van der Waals surface area contributed by atoms with Crippen LogP contribution in [0.3, 0.4) is 0 Å². The highest BCUT2D eigenvalue weighted by Gasteiger charge is 2.17. The fraction of sp³-hybridized carbons (Fsp3) is 0.0909. The lowest BCUT2D eigenvalue weighted by atomic mass is 10.1. The number of nitrogens with one attached hydrogen (secondary N) is 1. The van der Waals surface area contributed by atoms with Gasteiger partial charge in [0, 0.05) is 11.1 Å². The summed E-state index contributed by atoms with van der Waals surface area (Å²) in [6.07, 6.45) is 1.56. The summed E-state index contributed by atoms with van der Waals surface area (Å²) < 4.78 is 14.7. The van der Waals surface area contributed by atoms with Gasteiger partial charge in [0.1, 0.15) is 0 Å². The lowest BCUT2D eigenvalue weighted by Gasteiger charge is -2.10. The molecule has 19 heavy (non-hydrogen) atoms. The Labute approximate surface area is 130 Å². The molecule has 2 aromatic rings. The summed E-state index contributed by atoms with van der Waals surface area (Å²) in [6.45, 7) is 0.266. The van der Waals surface area contributed by atoms with Crippen LogP contribution in [0.25, 0.3) is 0 Å². The van der Waals surface area contributed by atoms with E-state index in [9.17, 15) is 9.18 Å². The van der Waals surface area contributed by atoms with Gasteiger partial charge < -0.3 is 10.4 Å². The molecule has 0 saturated carbocycles. The van der Waals surface area contributed by atoms with E-state index in [4.69, 9.17) is 16.7 Å². The number of carboxylic acids is 1. The smallest absolute Gasteiger partial charge is 0.337 e. The second-order valence-corrected chi connectivity index (χ2v) is 6.38. The van der Waals surface area contributed by atoms with Gasteiger partial charge in [-0.2, -0.15) is 0 Å². The van der Waals surface area contributed by atoms with Crippen molar-refractivity contribution in [3.8, 4) is 0 Å². The molecule has 0 aliphatic rings. The standard InChI is InChI=1S/C11H7ClFIN2O2S/c12-11-16-4-5(19-11)3-15-9-6(10(17)18)1-2-7(14)8(9)13/h1-2,4,15H,3H2,(H,17,18). The highest BCUT2D eigenvalue weighted by molar-refractivity contribution is 14.1. The molecule has 100 valence electrons. The Hall–Kier alpha value is -0.930. The number of benzene rings is 1. The topological polar surface area (TPSA) is 62.2 Å². The largest absolute Gasteiger partial charge is 0.478 e. The second kappa shape index (κ2) is 6.02. The van der Waals surface area contributed by atoms with Crippen LogP contribution in [0.15, 0.2) is 18.3 Å². The van der Waals surface area contributed by atoms with E-state index in [0.29, 0.717) is 8.04 Å². The van der Waals surface area contributed by atoms with Crippen LogP contribution in [-0.4, -0.2) is 16.1 Å². The number of thiazole rings is 1. The molecule has 0 aliphatic carbocycles. The summed E-state index contributed by atoms with van der Waals surface area (Å²) in [5, 5.41) is 11.8. The van der Waals surface area contributed by atoms with Crippen LogP contribution in [0.2, 0.25) is 4.47 Å². The van der Waals surface area contributed by atoms with Crippen LogP contribution in [0.4, 0.5) is 10.1 Å². The maximum Gasteiger partial charge on any atom is 0.337 e. The first-order valence-corrected chi connectivity index (χ1v) is 7.31. The average molecular weight is 413 g/mol. The number of rotatable bonds is 4. The van der Waals surface area contributed by atoms with Gasteiger partial charge in [0.2, 0.25) is 0 Å². The molecular weight excluding hydrogens is 406 g/mol. The van der Waals surface area contributed by atoms with Gasteiger partial charge in [-0.1, -0.05) is 11.6 Å². The first-order valence-electron chi connectivity index (χ1n) is 5.04. The molecule has 1 aromatic carbocycles. The fourth-order valence-corrected chi connectivity index (χ4v) is 2.81. The van der Waals surface area contributed by atoms with Gasteiger partial charge >= 0.3 is 5.97 Å². The number of carboxylic acid groups (broad SMARTS) is 1. The van der Waals surface area contributed by atoms with Crippen molar-refractivity contribution in [2.45, 2.75) is 6.54 Å². The number of carbonyl (C=O) groups is 1. The molecule has 0 radical (unpaired) electrons. The number of aromatic carboxylic acids is 1. The molecule has 1 aromatic heterocycles. The van der Waals surface area contributed by atoms with Crippen molar-refractivity contribution >= 4 is 57.2 Å². The lowest BCUT2D eigenvalue weighted by Crippen LogP contribution is -2.09. The van der Waals surface area contributed by atoms with Crippen molar-refractivity contribution in [2.75, 3.05) is 5.32 Å². The molecule has 1 heterocycles. The quantitative estimate of drug-likeness (QED) is 0.749. The van der Waals surface area contributed by atoms with Crippen molar-refractivity contribution in [1.82, 2.24) is 4.98 Å². The number of aromatic nitrogens is 1. The maximum absolute atomic E-state index is 14.0. The highest BCUT2D eigenvalue weighted by atomic mass is 127. The number of hydrogen-bond acceptors (Lipinski definition) is 4. The monoisotopic (exact) mass is 412 g/mol. The zero-order chi connectivity index (χ0) is 14.0. The lowest BCUT2D eigenvalue weighted by molar-refractivity contribution is 0.0697. The molecule has 0 aliphatic heterocycles. The van der Waals surface area contributed by atoms with E-state index in [-0.39, 0.29) is 17.8 Å². The summed E-state index contributed by atoms with van der Waals surface area (Å²) in [5.74, 6) is -1.75. The van der Waals surface area contributed by atoms with Crippen LogP contribution in [-0.2, 0) is 6.54 Å². The van der Waals surface area contributed by atoms with Gasteiger partial charge in [-0.05, 0) is 34.7 Å². The van der Waals surface area contributed by atoms with Crippen LogP contribution in [0.5, 0.6) is 0 Å². The minimum absolute atomic E-state index is 0.0241. The molecule has 0 atom stereocenters. The molecule has 2 N–H and O–H groups in total. The van der Waals surface area contributed by atoms with Crippen LogP contribution in [0, 0.1) is 9.39 Å². The van der Waals surface area contributed by atoms with Crippen molar-refractivity contribution in [1.29, 1.82) is 0 Å². The van der Waals surface area contributed by atoms with Crippen LogP contribution in [0.1, 0.15) is 15.2 Å². The van der Waals surface area contributed by atoms with Crippen molar-refractivity contribution in [2.24, 2.45) is 0 Å². The Morgan fingerprint density at radius 1 is 1.58 bits per heavy atom. The van der Waals surface area contributed by atoms with E-state index >= 15 is 0 Å². The van der Waals surface area contributed by atoms with Gasteiger partial charge in [0.15, 0.2) is 10.3 Å². The number of anilines is 1.